The minimum atomic E-state index is -1.17. The van der Waals surface area contributed by atoms with Gasteiger partial charge in [0, 0.05) is 17.5 Å². The van der Waals surface area contributed by atoms with Crippen molar-refractivity contribution in [3.05, 3.63) is 41.5 Å². The van der Waals surface area contributed by atoms with Crippen LogP contribution in [0.5, 0.6) is 28.7 Å². The number of carbonyl (C=O) groups is 1. The number of hydrogen-bond donors (Lipinski definition) is 1. The lowest BCUT2D eigenvalue weighted by Crippen LogP contribution is -2.39. The number of carbonyl (C=O) groups excluding carboxylic acids is 1. The largest absolute Gasteiger partial charge is 0.496 e. The molecule has 0 spiro atoms. The number of methoxy groups -OCH3 is 3. The van der Waals surface area contributed by atoms with E-state index in [1.807, 2.05) is 18.2 Å². The van der Waals surface area contributed by atoms with Gasteiger partial charge in [-0.2, -0.15) is 0 Å². The molecular formula is C25H28O8S2. The van der Waals surface area contributed by atoms with Crippen molar-refractivity contribution in [1.29, 1.82) is 0 Å². The van der Waals surface area contributed by atoms with E-state index in [1.165, 1.54) is 21.3 Å². The van der Waals surface area contributed by atoms with Crippen LogP contribution in [-0.4, -0.2) is 57.3 Å². The lowest BCUT2D eigenvalue weighted by Gasteiger charge is -2.43. The summed E-state index contributed by atoms with van der Waals surface area (Å²) in [5.74, 6) is 3.09. The molecule has 188 valence electrons. The number of benzene rings is 2. The number of fused-ring (bicyclic) bond motifs is 1. The van der Waals surface area contributed by atoms with Gasteiger partial charge >= 0.3 is 5.97 Å². The van der Waals surface area contributed by atoms with Gasteiger partial charge in [-0.3, -0.25) is 4.79 Å². The molecule has 5 rings (SSSR count). The molecule has 0 saturated carbocycles. The average Bonchev–Trinajstić information content (AvgIpc) is 3.54. The van der Waals surface area contributed by atoms with Crippen LogP contribution in [0.1, 0.15) is 23.7 Å². The van der Waals surface area contributed by atoms with Crippen LogP contribution in [0.4, 0.5) is 0 Å². The van der Waals surface area contributed by atoms with Crippen molar-refractivity contribution in [3.63, 3.8) is 0 Å². The molecule has 3 atom stereocenters. The van der Waals surface area contributed by atoms with Crippen molar-refractivity contribution >= 4 is 29.5 Å². The minimum Gasteiger partial charge on any atom is -0.496 e. The van der Waals surface area contributed by atoms with E-state index in [1.54, 1.807) is 35.7 Å². The van der Waals surface area contributed by atoms with Gasteiger partial charge in [-0.1, -0.05) is 6.07 Å². The van der Waals surface area contributed by atoms with Crippen molar-refractivity contribution in [2.24, 2.45) is 11.8 Å². The first kappa shape index (κ1) is 24.3. The van der Waals surface area contributed by atoms with Crippen LogP contribution in [0.15, 0.2) is 30.3 Å². The number of aliphatic hydroxyl groups excluding tert-OH is 1. The molecule has 2 aromatic carbocycles. The summed E-state index contributed by atoms with van der Waals surface area (Å²) in [6.07, 6.45) is -0.0985. The fraction of sp³-hybridized carbons (Fsp3) is 0.480. The Bertz CT molecular complexity index is 1100. The molecule has 3 aliphatic rings. The van der Waals surface area contributed by atoms with Gasteiger partial charge in [0.2, 0.25) is 6.79 Å². The molecule has 0 amide bonds. The molecule has 3 heterocycles. The van der Waals surface area contributed by atoms with Crippen molar-refractivity contribution in [2.75, 3.05) is 46.2 Å². The summed E-state index contributed by atoms with van der Waals surface area (Å²) < 4.78 is 32.7. The summed E-state index contributed by atoms with van der Waals surface area (Å²) in [7, 11) is 4.57. The molecule has 1 unspecified atom stereocenters. The molecule has 2 fully saturated rings. The van der Waals surface area contributed by atoms with Gasteiger partial charge in [0.1, 0.15) is 5.75 Å². The highest BCUT2D eigenvalue weighted by atomic mass is 32.2. The molecule has 0 aromatic heterocycles. The number of cyclic esters (lactones) is 1. The van der Waals surface area contributed by atoms with Gasteiger partial charge < -0.3 is 33.5 Å². The van der Waals surface area contributed by atoms with Gasteiger partial charge in [0.15, 0.2) is 23.0 Å². The Morgan fingerprint density at radius 2 is 1.63 bits per heavy atom. The Morgan fingerprint density at radius 3 is 2.34 bits per heavy atom. The Morgan fingerprint density at radius 1 is 0.943 bits per heavy atom. The lowest BCUT2D eigenvalue weighted by molar-refractivity contribution is -0.144. The molecule has 10 heteroatoms. The summed E-state index contributed by atoms with van der Waals surface area (Å²) in [6, 6.07) is 9.26. The molecule has 3 aliphatic heterocycles. The van der Waals surface area contributed by atoms with E-state index in [0.717, 1.165) is 23.5 Å². The Kier molecular flexibility index (Phi) is 6.87. The molecule has 35 heavy (non-hydrogen) atoms. The van der Waals surface area contributed by atoms with Crippen molar-refractivity contribution in [2.45, 2.75) is 16.6 Å². The number of ether oxygens (including phenoxy) is 6. The highest BCUT2D eigenvalue weighted by molar-refractivity contribution is 8.18. The number of esters is 1. The maximum atomic E-state index is 13.1. The van der Waals surface area contributed by atoms with E-state index in [9.17, 15) is 9.90 Å². The monoisotopic (exact) mass is 520 g/mol. The molecule has 0 aliphatic carbocycles. The first-order valence-corrected chi connectivity index (χ1v) is 13.3. The maximum absolute atomic E-state index is 13.1. The summed E-state index contributed by atoms with van der Waals surface area (Å²) >= 11 is 3.59. The minimum absolute atomic E-state index is 0.192. The zero-order chi connectivity index (χ0) is 24.6. The zero-order valence-corrected chi connectivity index (χ0v) is 21.4. The van der Waals surface area contributed by atoms with Gasteiger partial charge in [0.25, 0.3) is 0 Å². The van der Waals surface area contributed by atoms with Crippen LogP contribution >= 0.6 is 23.5 Å². The van der Waals surface area contributed by atoms with E-state index in [0.29, 0.717) is 34.3 Å². The summed E-state index contributed by atoms with van der Waals surface area (Å²) in [5.41, 5.74) is 1.47. The highest BCUT2D eigenvalue weighted by Crippen LogP contribution is 2.61. The Labute approximate surface area is 212 Å². The van der Waals surface area contributed by atoms with Crippen molar-refractivity contribution in [1.82, 2.24) is 0 Å². The number of thioether (sulfide) groups is 2. The molecule has 1 N–H and O–H groups in total. The molecule has 0 radical (unpaired) electrons. The molecule has 2 saturated heterocycles. The van der Waals surface area contributed by atoms with Gasteiger partial charge in [0.05, 0.1) is 44.0 Å². The molecule has 8 nitrogen and oxygen atoms in total. The van der Waals surface area contributed by atoms with Crippen LogP contribution < -0.4 is 23.7 Å². The fourth-order valence-corrected chi connectivity index (χ4v) is 8.61. The SMILES string of the molecule is COc1cc(OC)c(C(O)[C@H]2C(=O)OC[C@@H]2C2(c3ccc4c(c3)OCO4)SCCCS2)cc1OC. The smallest absolute Gasteiger partial charge is 0.312 e. The quantitative estimate of drug-likeness (QED) is 0.540. The van der Waals surface area contributed by atoms with Crippen LogP contribution in [0.3, 0.4) is 0 Å². The standard InChI is InChI=1S/C25H28O8S2/c1-28-18-11-20(30-3)19(29-2)10-15(18)23(26)22-16(12-31-24(22)27)25(34-7-4-8-35-25)14-5-6-17-21(9-14)33-13-32-17/h5-6,9-11,16,22-23,26H,4,7-8,12-13H2,1-3H3/t16-,22-,23?/m0/s1. The predicted octanol–water partition coefficient (Wildman–Crippen LogP) is 3.99. The normalized spacial score (nSPS) is 23.5. The van der Waals surface area contributed by atoms with Gasteiger partial charge in [-0.05, 0) is 41.7 Å². The number of aliphatic hydroxyl groups is 1. The first-order chi connectivity index (χ1) is 17.0. The van der Waals surface area contributed by atoms with Crippen molar-refractivity contribution < 1.29 is 38.3 Å². The highest BCUT2D eigenvalue weighted by Gasteiger charge is 2.56. The van der Waals surface area contributed by atoms with Crippen LogP contribution in [0, 0.1) is 11.8 Å². The lowest BCUT2D eigenvalue weighted by atomic mass is 9.81. The molecule has 0 bridgehead atoms. The second-order valence-corrected chi connectivity index (χ2v) is 11.4. The van der Waals surface area contributed by atoms with Crippen LogP contribution in [0.25, 0.3) is 0 Å². The first-order valence-electron chi connectivity index (χ1n) is 11.3. The third kappa shape index (κ3) is 4.15. The van der Waals surface area contributed by atoms with Crippen molar-refractivity contribution in [3.8, 4) is 28.7 Å². The summed E-state index contributed by atoms with van der Waals surface area (Å²) in [6.45, 7) is 0.405. The summed E-state index contributed by atoms with van der Waals surface area (Å²) in [4.78, 5) is 13.1. The second kappa shape index (κ2) is 9.91. The molecular weight excluding hydrogens is 492 g/mol. The van der Waals surface area contributed by atoms with E-state index in [2.05, 4.69) is 0 Å². The molecule has 2 aromatic rings. The topological polar surface area (TPSA) is 92.7 Å². The second-order valence-electron chi connectivity index (χ2n) is 8.44. The van der Waals surface area contributed by atoms with E-state index in [4.69, 9.17) is 28.4 Å². The van der Waals surface area contributed by atoms with Gasteiger partial charge in [-0.15, -0.1) is 23.5 Å². The zero-order valence-electron chi connectivity index (χ0n) is 19.8. The van der Waals surface area contributed by atoms with Crippen LogP contribution in [-0.2, 0) is 13.6 Å². The number of hydrogen-bond acceptors (Lipinski definition) is 10. The third-order valence-electron chi connectivity index (χ3n) is 6.69. The van der Waals surface area contributed by atoms with Gasteiger partial charge in [-0.25, -0.2) is 0 Å². The summed E-state index contributed by atoms with van der Waals surface area (Å²) in [5, 5.41) is 11.7. The maximum Gasteiger partial charge on any atom is 0.312 e. The van der Waals surface area contributed by atoms with E-state index >= 15 is 0 Å². The van der Waals surface area contributed by atoms with Crippen LogP contribution in [0.2, 0.25) is 0 Å². The number of rotatable bonds is 7. The average molecular weight is 521 g/mol. The van der Waals surface area contributed by atoms with E-state index in [-0.39, 0.29) is 19.3 Å². The van der Waals surface area contributed by atoms with E-state index < -0.39 is 22.1 Å². The fourth-order valence-electron chi connectivity index (χ4n) is 4.96. The predicted molar refractivity (Wildman–Crippen MR) is 133 cm³/mol. The Balaban J connectivity index is 1.57. The Hall–Kier alpha value is -2.43. The third-order valence-corrected chi connectivity index (χ3v) is 10.3.